The lowest BCUT2D eigenvalue weighted by Gasteiger charge is -2.24. The maximum absolute atomic E-state index is 13.2. The van der Waals surface area contributed by atoms with E-state index in [9.17, 15) is 4.39 Å². The van der Waals surface area contributed by atoms with Crippen molar-refractivity contribution in [3.8, 4) is 0 Å². The maximum Gasteiger partial charge on any atom is 0.101 e. The second-order valence-electron chi connectivity index (χ2n) is 4.02. The molecule has 2 heteroatoms. The first-order chi connectivity index (χ1) is 6.75. The van der Waals surface area contributed by atoms with Crippen LogP contribution in [0.4, 0.5) is 4.39 Å². The minimum absolute atomic E-state index is 0.427. The van der Waals surface area contributed by atoms with Gasteiger partial charge in [-0.1, -0.05) is 28.1 Å². The van der Waals surface area contributed by atoms with E-state index in [1.165, 1.54) is 5.56 Å². The molecule has 0 saturated heterocycles. The van der Waals surface area contributed by atoms with Gasteiger partial charge in [0.1, 0.15) is 6.17 Å². The van der Waals surface area contributed by atoms with Gasteiger partial charge in [0.25, 0.3) is 0 Å². The largest absolute Gasteiger partial charge is 0.247 e. The Balaban J connectivity index is 2.14. The van der Waals surface area contributed by atoms with Crippen LogP contribution in [0.2, 0.25) is 0 Å². The average molecular weight is 257 g/mol. The molecule has 1 aromatic rings. The summed E-state index contributed by atoms with van der Waals surface area (Å²) in [6, 6.07) is 8.26. The Hall–Kier alpha value is -0.370. The van der Waals surface area contributed by atoms with Gasteiger partial charge in [-0.15, -0.1) is 0 Å². The third-order valence-electron chi connectivity index (χ3n) is 2.93. The number of hydrogen-bond acceptors (Lipinski definition) is 0. The summed E-state index contributed by atoms with van der Waals surface area (Å²) < 4.78 is 14.3. The molecule has 0 N–H and O–H groups in total. The SMILES string of the molecule is FC1CCCC(c2cccc(Br)c2)C1. The van der Waals surface area contributed by atoms with Crippen molar-refractivity contribution in [1.29, 1.82) is 0 Å². The zero-order valence-corrected chi connectivity index (χ0v) is 9.63. The fourth-order valence-corrected chi connectivity index (χ4v) is 2.61. The molecule has 2 rings (SSSR count). The molecule has 1 aromatic carbocycles. The molecule has 0 aromatic heterocycles. The van der Waals surface area contributed by atoms with Crippen LogP contribution in [0.3, 0.4) is 0 Å². The van der Waals surface area contributed by atoms with Gasteiger partial charge in [-0.05, 0) is 49.3 Å². The molecule has 0 heterocycles. The van der Waals surface area contributed by atoms with Crippen molar-refractivity contribution in [2.45, 2.75) is 37.8 Å². The van der Waals surface area contributed by atoms with Crippen LogP contribution in [0, 0.1) is 0 Å². The Bertz CT molecular complexity index is 311. The highest BCUT2D eigenvalue weighted by Gasteiger charge is 2.22. The molecule has 76 valence electrons. The summed E-state index contributed by atoms with van der Waals surface area (Å²) >= 11 is 3.45. The Labute approximate surface area is 92.6 Å². The lowest BCUT2D eigenvalue weighted by atomic mass is 9.83. The van der Waals surface area contributed by atoms with Crippen molar-refractivity contribution in [3.05, 3.63) is 34.3 Å². The number of benzene rings is 1. The van der Waals surface area contributed by atoms with Gasteiger partial charge in [-0.2, -0.15) is 0 Å². The van der Waals surface area contributed by atoms with Crippen LogP contribution in [0.15, 0.2) is 28.7 Å². The van der Waals surface area contributed by atoms with Crippen LogP contribution < -0.4 is 0 Å². The van der Waals surface area contributed by atoms with E-state index in [1.807, 2.05) is 12.1 Å². The molecule has 0 spiro atoms. The van der Waals surface area contributed by atoms with Gasteiger partial charge in [0.05, 0.1) is 0 Å². The normalized spacial score (nSPS) is 27.6. The maximum atomic E-state index is 13.2. The van der Waals surface area contributed by atoms with Gasteiger partial charge in [-0.3, -0.25) is 0 Å². The Morgan fingerprint density at radius 2 is 2.14 bits per heavy atom. The fraction of sp³-hybridized carbons (Fsp3) is 0.500. The first kappa shape index (κ1) is 10.2. The summed E-state index contributed by atoms with van der Waals surface area (Å²) in [6.07, 6.45) is 3.03. The van der Waals surface area contributed by atoms with Gasteiger partial charge in [0, 0.05) is 4.47 Å². The lowest BCUT2D eigenvalue weighted by molar-refractivity contribution is 0.231. The lowest BCUT2D eigenvalue weighted by Crippen LogP contribution is -2.14. The Kier molecular flexibility index (Phi) is 3.22. The zero-order chi connectivity index (χ0) is 9.97. The van der Waals surface area contributed by atoms with E-state index in [1.54, 1.807) is 0 Å². The van der Waals surface area contributed by atoms with Crippen molar-refractivity contribution in [2.24, 2.45) is 0 Å². The van der Waals surface area contributed by atoms with Gasteiger partial charge < -0.3 is 0 Å². The van der Waals surface area contributed by atoms with Gasteiger partial charge in [0.2, 0.25) is 0 Å². The second kappa shape index (κ2) is 4.43. The molecular weight excluding hydrogens is 243 g/mol. The van der Waals surface area contributed by atoms with Crippen molar-refractivity contribution in [3.63, 3.8) is 0 Å². The van der Waals surface area contributed by atoms with Gasteiger partial charge >= 0.3 is 0 Å². The number of hydrogen-bond donors (Lipinski definition) is 0. The minimum atomic E-state index is -0.590. The molecular formula is C12H14BrF. The monoisotopic (exact) mass is 256 g/mol. The summed E-state index contributed by atoms with van der Waals surface area (Å²) in [6.45, 7) is 0. The number of alkyl halides is 1. The first-order valence-corrected chi connectivity index (χ1v) is 5.94. The summed E-state index contributed by atoms with van der Waals surface area (Å²) in [5.74, 6) is 0.427. The highest BCUT2D eigenvalue weighted by molar-refractivity contribution is 9.10. The highest BCUT2D eigenvalue weighted by atomic mass is 79.9. The summed E-state index contributed by atoms with van der Waals surface area (Å²) in [5, 5.41) is 0. The quantitative estimate of drug-likeness (QED) is 0.697. The van der Waals surface area contributed by atoms with Crippen LogP contribution in [-0.2, 0) is 0 Å². The van der Waals surface area contributed by atoms with Crippen LogP contribution in [-0.4, -0.2) is 6.17 Å². The third-order valence-corrected chi connectivity index (χ3v) is 3.42. The van der Waals surface area contributed by atoms with Crippen LogP contribution in [0.1, 0.15) is 37.2 Å². The van der Waals surface area contributed by atoms with Crippen molar-refractivity contribution < 1.29 is 4.39 Å². The van der Waals surface area contributed by atoms with E-state index in [0.717, 1.165) is 23.7 Å². The Morgan fingerprint density at radius 3 is 2.86 bits per heavy atom. The molecule has 0 radical (unpaired) electrons. The molecule has 0 bridgehead atoms. The van der Waals surface area contributed by atoms with E-state index in [4.69, 9.17) is 0 Å². The predicted molar refractivity (Wildman–Crippen MR) is 60.2 cm³/mol. The van der Waals surface area contributed by atoms with E-state index in [-0.39, 0.29) is 0 Å². The zero-order valence-electron chi connectivity index (χ0n) is 8.05. The van der Waals surface area contributed by atoms with Gasteiger partial charge in [0.15, 0.2) is 0 Å². The van der Waals surface area contributed by atoms with E-state index in [2.05, 4.69) is 28.1 Å². The van der Waals surface area contributed by atoms with Crippen LogP contribution in [0.25, 0.3) is 0 Å². The molecule has 2 unspecified atom stereocenters. The second-order valence-corrected chi connectivity index (χ2v) is 4.93. The molecule has 1 fully saturated rings. The van der Waals surface area contributed by atoms with Crippen LogP contribution >= 0.6 is 15.9 Å². The standard InChI is InChI=1S/C12H14BrF/c13-11-5-1-3-9(7-11)10-4-2-6-12(14)8-10/h1,3,5,7,10,12H,2,4,6,8H2. The van der Waals surface area contributed by atoms with Crippen molar-refractivity contribution >= 4 is 15.9 Å². The Morgan fingerprint density at radius 1 is 1.29 bits per heavy atom. The van der Waals surface area contributed by atoms with E-state index < -0.39 is 6.17 Å². The van der Waals surface area contributed by atoms with E-state index in [0.29, 0.717) is 12.3 Å². The van der Waals surface area contributed by atoms with E-state index >= 15 is 0 Å². The number of halogens is 2. The van der Waals surface area contributed by atoms with Crippen molar-refractivity contribution in [2.75, 3.05) is 0 Å². The average Bonchev–Trinajstić information content (AvgIpc) is 2.18. The van der Waals surface area contributed by atoms with Gasteiger partial charge in [-0.25, -0.2) is 4.39 Å². The topological polar surface area (TPSA) is 0 Å². The molecule has 0 amide bonds. The summed E-state index contributed by atoms with van der Waals surface area (Å²) in [5.41, 5.74) is 1.28. The summed E-state index contributed by atoms with van der Waals surface area (Å²) in [7, 11) is 0. The third kappa shape index (κ3) is 2.35. The predicted octanol–water partition coefficient (Wildman–Crippen LogP) is 4.44. The van der Waals surface area contributed by atoms with Crippen LogP contribution in [0.5, 0.6) is 0 Å². The molecule has 14 heavy (non-hydrogen) atoms. The molecule has 0 nitrogen and oxygen atoms in total. The highest BCUT2D eigenvalue weighted by Crippen LogP contribution is 2.34. The first-order valence-electron chi connectivity index (χ1n) is 5.15. The van der Waals surface area contributed by atoms with Crippen molar-refractivity contribution in [1.82, 2.24) is 0 Å². The molecule has 2 atom stereocenters. The fourth-order valence-electron chi connectivity index (χ4n) is 2.19. The molecule has 1 aliphatic rings. The molecule has 1 saturated carbocycles. The molecule has 1 aliphatic carbocycles. The minimum Gasteiger partial charge on any atom is -0.247 e. The number of rotatable bonds is 1. The summed E-state index contributed by atoms with van der Waals surface area (Å²) in [4.78, 5) is 0. The smallest absolute Gasteiger partial charge is 0.101 e. The molecule has 0 aliphatic heterocycles.